The summed E-state index contributed by atoms with van der Waals surface area (Å²) >= 11 is 4.90. The van der Waals surface area contributed by atoms with E-state index in [-0.39, 0.29) is 45.1 Å². The standard InChI is InChI=1S/C32H10N8O4S4/c33-11-37-25(17-3-1-9-45-17)21-23(31(37)43)27(39(13-35)29(21)41)19-7-5-15(47-19)16-6-8-20(48-16)28-24-22(30(42)40(28)14-36)26(18-4-2-10-46-18)38(12-34)32(24)44/h1-10H. The number of nitrogens with zero attached hydrogens (tertiary/aromatic N) is 8. The van der Waals surface area contributed by atoms with Crippen molar-refractivity contribution in [3.63, 3.8) is 0 Å². The second kappa shape index (κ2) is 10.6. The van der Waals surface area contributed by atoms with Gasteiger partial charge in [0, 0.05) is 9.75 Å². The lowest BCUT2D eigenvalue weighted by Gasteiger charge is -2.14. The topological polar surface area (TPSA) is 176 Å². The van der Waals surface area contributed by atoms with Gasteiger partial charge in [0.1, 0.15) is 0 Å². The van der Waals surface area contributed by atoms with Crippen LogP contribution in [0.4, 0.5) is 0 Å². The molecule has 0 fully saturated rings. The number of carbonyl (C=O) groups is 4. The average molecular weight is 699 g/mol. The second-order valence-corrected chi connectivity index (χ2v) is 14.2. The van der Waals surface area contributed by atoms with Crippen LogP contribution in [0, 0.1) is 45.8 Å². The first kappa shape index (κ1) is 29.0. The molecule has 0 unspecified atom stereocenters. The van der Waals surface area contributed by atoms with Crippen molar-refractivity contribution in [2.45, 2.75) is 0 Å². The van der Waals surface area contributed by atoms with Gasteiger partial charge in [-0.15, -0.1) is 45.3 Å². The summed E-state index contributed by atoms with van der Waals surface area (Å²) in [6.07, 6.45) is 7.48. The minimum atomic E-state index is -0.709. The Morgan fingerprint density at radius 3 is 0.979 bits per heavy atom. The summed E-state index contributed by atoms with van der Waals surface area (Å²) in [4.78, 5) is 60.7. The monoisotopic (exact) mass is 698 g/mol. The molecule has 8 rings (SSSR count). The van der Waals surface area contributed by atoms with E-state index in [1.807, 2.05) is 24.8 Å². The minimum absolute atomic E-state index is 0.0109. The number of hydrogen-bond acceptors (Lipinski definition) is 12. The fraction of sp³-hybridized carbons (Fsp3) is 0. The van der Waals surface area contributed by atoms with Crippen LogP contribution in [0.1, 0.15) is 19.5 Å². The first-order chi connectivity index (χ1) is 23.3. The number of rotatable bonds is 5. The third kappa shape index (κ3) is 3.74. The second-order valence-electron chi connectivity index (χ2n) is 10.1. The molecule has 0 atom stereocenters. The number of thiophene rings is 4. The van der Waals surface area contributed by atoms with Crippen molar-refractivity contribution in [2.75, 3.05) is 0 Å². The van der Waals surface area contributed by atoms with Gasteiger partial charge in [-0.2, -0.15) is 21.0 Å². The highest BCUT2D eigenvalue weighted by Gasteiger charge is 2.51. The van der Waals surface area contributed by atoms with Crippen LogP contribution >= 0.6 is 45.3 Å². The van der Waals surface area contributed by atoms with Crippen LogP contribution in [0.15, 0.2) is 81.6 Å². The van der Waals surface area contributed by atoms with Crippen LogP contribution in [-0.2, 0) is 19.2 Å². The average Bonchev–Trinajstić information content (AvgIpc) is 3.93. The molecule has 0 aliphatic carbocycles. The largest absolute Gasteiger partial charge is 0.274 e. The maximum Gasteiger partial charge on any atom is 0.274 e. The third-order valence-corrected chi connectivity index (χ3v) is 12.0. The van der Waals surface area contributed by atoms with Crippen LogP contribution in [0.25, 0.3) is 32.5 Å². The number of nitriles is 4. The van der Waals surface area contributed by atoms with Crippen LogP contribution in [0.5, 0.6) is 0 Å². The number of fused-ring (bicyclic) bond motifs is 2. The molecule has 16 heteroatoms. The van der Waals surface area contributed by atoms with Crippen LogP contribution in [-0.4, -0.2) is 43.2 Å². The lowest BCUT2D eigenvalue weighted by molar-refractivity contribution is -0.122. The molecule has 4 aromatic rings. The van der Waals surface area contributed by atoms with Crippen molar-refractivity contribution in [1.29, 1.82) is 21.0 Å². The Morgan fingerprint density at radius 1 is 0.417 bits per heavy atom. The highest BCUT2D eigenvalue weighted by molar-refractivity contribution is 7.23. The molecule has 0 aromatic carbocycles. The number of amides is 4. The summed E-state index contributed by atoms with van der Waals surface area (Å²) in [6.45, 7) is 0. The van der Waals surface area contributed by atoms with E-state index < -0.39 is 23.6 Å². The molecule has 4 aliphatic rings. The molecule has 0 N–H and O–H groups in total. The molecular formula is C32H10N8O4S4. The van der Waals surface area contributed by atoms with E-state index in [2.05, 4.69) is 0 Å². The Hall–Kier alpha value is -6.40. The zero-order valence-corrected chi connectivity index (χ0v) is 26.9. The van der Waals surface area contributed by atoms with Crippen molar-refractivity contribution >= 4 is 91.8 Å². The molecule has 0 spiro atoms. The van der Waals surface area contributed by atoms with Gasteiger partial charge in [-0.3, -0.25) is 19.2 Å². The van der Waals surface area contributed by atoms with Gasteiger partial charge in [0.2, 0.25) is 0 Å². The molecule has 4 aliphatic heterocycles. The SMILES string of the molecule is N#CN1C(=O)C2=C(c3ccc(-c4ccc(C5=C6C(=O)N(C#N)C(c7cccs7)=C6C(=O)N5C#N)s4)s3)N(C#N)C(=O)C2=C1c1cccs1. The fourth-order valence-corrected chi connectivity index (χ4v) is 9.66. The van der Waals surface area contributed by atoms with Gasteiger partial charge < -0.3 is 0 Å². The molecule has 0 saturated carbocycles. The van der Waals surface area contributed by atoms with Gasteiger partial charge in [-0.25, -0.2) is 19.6 Å². The van der Waals surface area contributed by atoms with Gasteiger partial charge in [0.15, 0.2) is 24.8 Å². The Morgan fingerprint density at radius 2 is 0.708 bits per heavy atom. The Balaban J connectivity index is 1.23. The summed E-state index contributed by atoms with van der Waals surface area (Å²) in [6, 6.07) is 13.6. The normalized spacial score (nSPS) is 17.2. The zero-order chi connectivity index (χ0) is 33.4. The van der Waals surface area contributed by atoms with Crippen LogP contribution in [0.3, 0.4) is 0 Å². The first-order valence-electron chi connectivity index (χ1n) is 13.6. The summed E-state index contributed by atoms with van der Waals surface area (Å²) < 4.78 is 0. The van der Waals surface area contributed by atoms with Gasteiger partial charge >= 0.3 is 0 Å². The molecule has 0 radical (unpaired) electrons. The van der Waals surface area contributed by atoms with E-state index in [0.29, 0.717) is 29.3 Å². The van der Waals surface area contributed by atoms with Crippen molar-refractivity contribution in [3.05, 3.63) is 101 Å². The molecule has 0 saturated heterocycles. The molecule has 226 valence electrons. The minimum Gasteiger partial charge on any atom is -0.267 e. The van der Waals surface area contributed by atoms with Crippen molar-refractivity contribution in [2.24, 2.45) is 0 Å². The molecular weight excluding hydrogens is 689 g/mol. The van der Waals surface area contributed by atoms with Crippen LogP contribution in [0.2, 0.25) is 0 Å². The van der Waals surface area contributed by atoms with E-state index >= 15 is 0 Å². The van der Waals surface area contributed by atoms with E-state index in [4.69, 9.17) is 0 Å². The molecule has 0 bridgehead atoms. The number of hydrogen-bond donors (Lipinski definition) is 0. The van der Waals surface area contributed by atoms with Crippen molar-refractivity contribution < 1.29 is 19.2 Å². The first-order valence-corrected chi connectivity index (χ1v) is 17.0. The van der Waals surface area contributed by atoms with E-state index in [1.165, 1.54) is 45.3 Å². The molecule has 12 nitrogen and oxygen atoms in total. The Labute approximate surface area is 285 Å². The summed E-state index contributed by atoms with van der Waals surface area (Å²) in [5.74, 6) is -2.83. The van der Waals surface area contributed by atoms with Crippen LogP contribution < -0.4 is 0 Å². The number of carbonyl (C=O) groups excluding carboxylic acids is 4. The Bertz CT molecular complexity index is 2330. The highest BCUT2D eigenvalue weighted by atomic mass is 32.1. The lowest BCUT2D eigenvalue weighted by Crippen LogP contribution is -2.24. The van der Waals surface area contributed by atoms with Gasteiger partial charge in [-0.1, -0.05) is 12.1 Å². The Kier molecular flexibility index (Phi) is 6.39. The predicted octanol–water partition coefficient (Wildman–Crippen LogP) is 5.14. The summed E-state index contributed by atoms with van der Waals surface area (Å²) in [7, 11) is 0. The molecule has 4 aromatic heterocycles. The molecule has 8 heterocycles. The molecule has 4 amide bonds. The fourth-order valence-electron chi connectivity index (χ4n) is 5.94. The van der Waals surface area contributed by atoms with E-state index in [0.717, 1.165) is 19.6 Å². The van der Waals surface area contributed by atoms with E-state index in [1.54, 1.807) is 59.3 Å². The third-order valence-electron chi connectivity index (χ3n) is 7.84. The highest BCUT2D eigenvalue weighted by Crippen LogP contribution is 2.51. The van der Waals surface area contributed by atoms with E-state index in [9.17, 15) is 40.2 Å². The summed E-state index contributed by atoms with van der Waals surface area (Å²) in [5, 5.41) is 43.1. The van der Waals surface area contributed by atoms with Gasteiger partial charge in [0.25, 0.3) is 23.6 Å². The maximum absolute atomic E-state index is 13.5. The zero-order valence-electron chi connectivity index (χ0n) is 23.6. The quantitative estimate of drug-likeness (QED) is 0.257. The smallest absolute Gasteiger partial charge is 0.267 e. The van der Waals surface area contributed by atoms with Crippen molar-refractivity contribution in [3.8, 4) is 34.5 Å². The predicted molar refractivity (Wildman–Crippen MR) is 174 cm³/mol. The summed E-state index contributed by atoms with van der Waals surface area (Å²) in [5.41, 5.74) is 0.351. The van der Waals surface area contributed by atoms with Gasteiger partial charge in [0.05, 0.1) is 64.6 Å². The lowest BCUT2D eigenvalue weighted by atomic mass is 10.1. The van der Waals surface area contributed by atoms with Crippen molar-refractivity contribution in [1.82, 2.24) is 19.6 Å². The molecule has 48 heavy (non-hydrogen) atoms. The van der Waals surface area contributed by atoms with Gasteiger partial charge in [-0.05, 0) is 47.2 Å². The maximum atomic E-state index is 13.5.